The van der Waals surface area contributed by atoms with Crippen LogP contribution in [0.25, 0.3) is 23.0 Å². The van der Waals surface area contributed by atoms with Gasteiger partial charge in [-0.15, -0.1) is 0 Å². The molecule has 1 saturated heterocycles. The van der Waals surface area contributed by atoms with Gasteiger partial charge in [0.1, 0.15) is 10.1 Å². The van der Waals surface area contributed by atoms with E-state index in [-0.39, 0.29) is 18.1 Å². The molecule has 0 bridgehead atoms. The first-order chi connectivity index (χ1) is 15.3. The highest BCUT2D eigenvalue weighted by molar-refractivity contribution is 8.26. The van der Waals surface area contributed by atoms with Gasteiger partial charge < -0.3 is 4.74 Å². The number of thiocarbonyl (C=S) groups is 1. The Bertz CT molecular complexity index is 1170. The topological polar surface area (TPSA) is 47.4 Å². The van der Waals surface area contributed by atoms with Crippen molar-refractivity contribution < 1.29 is 9.53 Å². The second kappa shape index (κ2) is 9.30. The molecule has 0 radical (unpaired) electrons. The lowest BCUT2D eigenvalue weighted by Gasteiger charge is -2.18. The highest BCUT2D eigenvalue weighted by Crippen LogP contribution is 2.36. The number of nitrogens with zero attached hydrogens (tertiary/aromatic N) is 3. The van der Waals surface area contributed by atoms with E-state index in [1.807, 2.05) is 99.2 Å². The quantitative estimate of drug-likeness (QED) is 0.335. The molecule has 3 aromatic rings. The summed E-state index contributed by atoms with van der Waals surface area (Å²) in [5.41, 5.74) is 3.54. The Morgan fingerprint density at radius 2 is 1.72 bits per heavy atom. The molecule has 0 aliphatic carbocycles. The lowest BCUT2D eigenvalue weighted by atomic mass is 10.1. The van der Waals surface area contributed by atoms with Crippen molar-refractivity contribution in [3.05, 3.63) is 71.3 Å². The van der Waals surface area contributed by atoms with Gasteiger partial charge in [0.2, 0.25) is 0 Å². The van der Waals surface area contributed by atoms with Gasteiger partial charge in [0, 0.05) is 23.4 Å². The fourth-order valence-corrected chi connectivity index (χ4v) is 4.97. The van der Waals surface area contributed by atoms with Crippen LogP contribution in [0.4, 0.5) is 0 Å². The van der Waals surface area contributed by atoms with Crippen molar-refractivity contribution in [2.45, 2.75) is 39.8 Å². The van der Waals surface area contributed by atoms with Crippen LogP contribution in [0.2, 0.25) is 0 Å². The van der Waals surface area contributed by atoms with Crippen molar-refractivity contribution >= 4 is 40.3 Å². The van der Waals surface area contributed by atoms with Crippen molar-refractivity contribution in [3.8, 4) is 22.7 Å². The molecule has 0 saturated carbocycles. The molecule has 1 aliphatic rings. The molecule has 0 N–H and O–H groups in total. The number of benzene rings is 2. The molecule has 1 aliphatic heterocycles. The summed E-state index contributed by atoms with van der Waals surface area (Å²) in [5, 5.41) is 4.85. The average molecular weight is 464 g/mol. The van der Waals surface area contributed by atoms with Crippen LogP contribution in [0.3, 0.4) is 0 Å². The second-order valence-corrected chi connectivity index (χ2v) is 9.73. The maximum Gasteiger partial charge on any atom is 0.266 e. The molecule has 2 heterocycles. The van der Waals surface area contributed by atoms with Crippen LogP contribution in [0.15, 0.2) is 65.7 Å². The fraction of sp³-hybridized carbons (Fsp3) is 0.240. The van der Waals surface area contributed by atoms with Crippen LogP contribution in [0.1, 0.15) is 33.3 Å². The number of rotatable bonds is 6. The summed E-state index contributed by atoms with van der Waals surface area (Å²) in [6.45, 7) is 7.93. The first-order valence-corrected chi connectivity index (χ1v) is 11.7. The molecule has 0 atom stereocenters. The van der Waals surface area contributed by atoms with Crippen LogP contribution >= 0.6 is 24.0 Å². The Morgan fingerprint density at radius 3 is 2.31 bits per heavy atom. The number of thioether (sulfide) groups is 1. The van der Waals surface area contributed by atoms with Gasteiger partial charge in [0.05, 0.1) is 22.4 Å². The zero-order valence-electron chi connectivity index (χ0n) is 18.5. The van der Waals surface area contributed by atoms with Gasteiger partial charge >= 0.3 is 0 Å². The highest BCUT2D eigenvalue weighted by atomic mass is 32.2. The van der Waals surface area contributed by atoms with Crippen LogP contribution in [0.5, 0.6) is 5.75 Å². The number of carbonyl (C=O) groups is 1. The highest BCUT2D eigenvalue weighted by Gasteiger charge is 2.34. The van der Waals surface area contributed by atoms with Gasteiger partial charge in [0.15, 0.2) is 0 Å². The number of hydrogen-bond acceptors (Lipinski definition) is 5. The van der Waals surface area contributed by atoms with Crippen molar-refractivity contribution in [2.75, 3.05) is 0 Å². The predicted molar refractivity (Wildman–Crippen MR) is 135 cm³/mol. The molecule has 32 heavy (non-hydrogen) atoms. The minimum absolute atomic E-state index is 0.0217. The van der Waals surface area contributed by atoms with E-state index in [4.69, 9.17) is 22.1 Å². The third-order valence-corrected chi connectivity index (χ3v) is 6.22. The maximum absolute atomic E-state index is 12.9. The number of para-hydroxylation sites is 1. The zero-order valence-corrected chi connectivity index (χ0v) is 20.1. The van der Waals surface area contributed by atoms with Gasteiger partial charge in [-0.2, -0.15) is 5.10 Å². The van der Waals surface area contributed by atoms with E-state index in [2.05, 4.69) is 0 Å². The van der Waals surface area contributed by atoms with Gasteiger partial charge in [-0.25, -0.2) is 4.68 Å². The summed E-state index contributed by atoms with van der Waals surface area (Å²) in [5.74, 6) is 0.750. The summed E-state index contributed by atoms with van der Waals surface area (Å²) in [4.78, 5) is 15.2. The number of hydrogen-bond donors (Lipinski definition) is 0. The molecule has 7 heteroatoms. The first kappa shape index (κ1) is 22.3. The second-order valence-electron chi connectivity index (χ2n) is 8.05. The third-order valence-electron chi connectivity index (χ3n) is 4.89. The Balaban J connectivity index is 1.77. The standard InChI is InChI=1S/C25H25N3O2S2/c1-16(2)28-24(29)22(32-25(28)31)14-19-15-27(20-8-6-5-7-9-20)26-23(19)18-10-12-21(13-11-18)30-17(3)4/h5-17H,1-4H3/b22-14+. The van der Waals surface area contributed by atoms with E-state index in [9.17, 15) is 4.79 Å². The van der Waals surface area contributed by atoms with Crippen LogP contribution in [0, 0.1) is 0 Å². The smallest absolute Gasteiger partial charge is 0.266 e. The Hall–Kier alpha value is -2.90. The Labute approximate surface area is 198 Å². The number of amides is 1. The number of ether oxygens (including phenoxy) is 1. The van der Waals surface area contributed by atoms with Crippen LogP contribution in [-0.2, 0) is 4.79 Å². The molecule has 1 aromatic heterocycles. The lowest BCUT2D eigenvalue weighted by Crippen LogP contribution is -2.34. The summed E-state index contributed by atoms with van der Waals surface area (Å²) in [6, 6.07) is 17.8. The Kier molecular flexibility index (Phi) is 6.48. The monoisotopic (exact) mass is 463 g/mol. The third kappa shape index (κ3) is 4.64. The molecule has 2 aromatic carbocycles. The first-order valence-electron chi connectivity index (χ1n) is 10.5. The lowest BCUT2D eigenvalue weighted by molar-refractivity contribution is -0.123. The molecule has 164 valence electrons. The average Bonchev–Trinajstić information content (AvgIpc) is 3.29. The van der Waals surface area contributed by atoms with Crippen LogP contribution < -0.4 is 4.74 Å². The molecule has 1 amide bonds. The summed E-state index contributed by atoms with van der Waals surface area (Å²) in [6.07, 6.45) is 3.95. The van der Waals surface area contributed by atoms with Crippen molar-refractivity contribution in [3.63, 3.8) is 0 Å². The molecule has 4 rings (SSSR count). The predicted octanol–water partition coefficient (Wildman–Crippen LogP) is 5.94. The van der Waals surface area contributed by atoms with E-state index in [0.717, 1.165) is 28.3 Å². The molecule has 0 spiro atoms. The molecule has 1 fully saturated rings. The van der Waals surface area contributed by atoms with E-state index in [0.29, 0.717) is 9.23 Å². The van der Waals surface area contributed by atoms with Crippen molar-refractivity contribution in [1.82, 2.24) is 14.7 Å². The van der Waals surface area contributed by atoms with E-state index >= 15 is 0 Å². The summed E-state index contributed by atoms with van der Waals surface area (Å²) < 4.78 is 8.19. The van der Waals surface area contributed by atoms with E-state index in [1.54, 1.807) is 4.90 Å². The number of carbonyl (C=O) groups excluding carboxylic acids is 1. The normalized spacial score (nSPS) is 15.4. The molecular formula is C25H25N3O2S2. The minimum Gasteiger partial charge on any atom is -0.491 e. The van der Waals surface area contributed by atoms with Gasteiger partial charge in [-0.1, -0.05) is 42.2 Å². The van der Waals surface area contributed by atoms with Gasteiger partial charge in [-0.3, -0.25) is 9.69 Å². The fourth-order valence-electron chi connectivity index (χ4n) is 3.46. The molecular weight excluding hydrogens is 438 g/mol. The minimum atomic E-state index is -0.0610. The molecule has 5 nitrogen and oxygen atoms in total. The van der Waals surface area contributed by atoms with E-state index < -0.39 is 0 Å². The summed E-state index contributed by atoms with van der Waals surface area (Å²) in [7, 11) is 0. The van der Waals surface area contributed by atoms with Crippen molar-refractivity contribution in [2.24, 2.45) is 0 Å². The number of aromatic nitrogens is 2. The summed E-state index contributed by atoms with van der Waals surface area (Å²) >= 11 is 6.77. The maximum atomic E-state index is 12.9. The van der Waals surface area contributed by atoms with Crippen molar-refractivity contribution in [1.29, 1.82) is 0 Å². The van der Waals surface area contributed by atoms with E-state index in [1.165, 1.54) is 11.8 Å². The zero-order chi connectivity index (χ0) is 22.8. The SMILES string of the molecule is CC(C)Oc1ccc(-c2nn(-c3ccccc3)cc2/C=C2/SC(=S)N(C(C)C)C2=O)cc1. The largest absolute Gasteiger partial charge is 0.491 e. The van der Waals surface area contributed by atoms with Gasteiger partial charge in [-0.05, 0) is 70.2 Å². The van der Waals surface area contributed by atoms with Crippen LogP contribution in [-0.4, -0.2) is 37.1 Å². The van der Waals surface area contributed by atoms with Gasteiger partial charge in [0.25, 0.3) is 5.91 Å². The molecule has 0 unspecified atom stereocenters. The Morgan fingerprint density at radius 1 is 1.03 bits per heavy atom.